The summed E-state index contributed by atoms with van der Waals surface area (Å²) in [4.78, 5) is 38.5. The number of aryl methyl sites for hydroxylation is 2. The van der Waals surface area contributed by atoms with Crippen molar-refractivity contribution in [1.29, 1.82) is 0 Å². The molecule has 0 aliphatic carbocycles. The molecular formula is C38H42FN5O3S. The molecule has 1 unspecified atom stereocenters. The van der Waals surface area contributed by atoms with Crippen LogP contribution in [0.3, 0.4) is 0 Å². The maximum absolute atomic E-state index is 15.8. The van der Waals surface area contributed by atoms with Crippen LogP contribution in [0, 0.1) is 17.2 Å². The zero-order valence-electron chi connectivity index (χ0n) is 28.1. The van der Waals surface area contributed by atoms with Gasteiger partial charge in [0.05, 0.1) is 16.9 Å². The van der Waals surface area contributed by atoms with Crippen molar-refractivity contribution in [3.05, 3.63) is 100 Å². The van der Waals surface area contributed by atoms with Gasteiger partial charge in [0.1, 0.15) is 11.5 Å². The fourth-order valence-electron chi connectivity index (χ4n) is 6.81. The maximum atomic E-state index is 15.8. The monoisotopic (exact) mass is 667 g/mol. The predicted molar refractivity (Wildman–Crippen MR) is 188 cm³/mol. The van der Waals surface area contributed by atoms with Gasteiger partial charge in [-0.3, -0.25) is 14.6 Å². The number of carbonyl (C=O) groups excluding carboxylic acids is 1. The van der Waals surface area contributed by atoms with E-state index < -0.39 is 23.1 Å². The van der Waals surface area contributed by atoms with Crippen molar-refractivity contribution in [3.8, 4) is 11.5 Å². The van der Waals surface area contributed by atoms with Gasteiger partial charge < -0.3 is 10.1 Å². The lowest BCUT2D eigenvalue weighted by molar-refractivity contribution is -0.141. The van der Waals surface area contributed by atoms with Crippen LogP contribution in [0.2, 0.25) is 0 Å². The number of halogens is 1. The topological polar surface area (TPSA) is 114 Å². The van der Waals surface area contributed by atoms with Gasteiger partial charge in [-0.25, -0.2) is 14.1 Å². The van der Waals surface area contributed by atoms with Crippen LogP contribution >= 0.6 is 11.8 Å². The van der Waals surface area contributed by atoms with Gasteiger partial charge in [0, 0.05) is 35.9 Å². The van der Waals surface area contributed by atoms with Gasteiger partial charge in [-0.2, -0.15) is 16.9 Å². The van der Waals surface area contributed by atoms with Crippen LogP contribution in [0.1, 0.15) is 85.4 Å². The Morgan fingerprint density at radius 3 is 2.75 bits per heavy atom. The second-order valence-electron chi connectivity index (χ2n) is 14.1. The normalized spacial score (nSPS) is 19.3. The number of aromatic amines is 1. The second kappa shape index (κ2) is 13.3. The minimum Gasteiger partial charge on any atom is -0.481 e. The molecule has 2 N–H and O–H groups in total. The summed E-state index contributed by atoms with van der Waals surface area (Å²) in [5, 5.41) is 15.3. The summed E-state index contributed by atoms with van der Waals surface area (Å²) >= 11 is 1.83. The first-order chi connectivity index (χ1) is 22.9. The molecule has 1 aliphatic rings. The fourth-order valence-corrected chi connectivity index (χ4v) is 8.00. The minimum atomic E-state index is -0.823. The Kier molecular flexibility index (Phi) is 9.31. The van der Waals surface area contributed by atoms with Gasteiger partial charge in [0.15, 0.2) is 17.4 Å². The molecule has 5 aromatic rings. The number of pyridine rings is 1. The quantitative estimate of drug-likeness (QED) is 0.201. The number of ketones is 1. The van der Waals surface area contributed by atoms with E-state index in [9.17, 15) is 14.7 Å². The highest BCUT2D eigenvalue weighted by Gasteiger charge is 2.35. The molecule has 0 radical (unpaired) electrons. The zero-order chi connectivity index (χ0) is 34.2. The van der Waals surface area contributed by atoms with Crippen LogP contribution in [0.4, 0.5) is 4.39 Å². The molecule has 3 aromatic heterocycles. The van der Waals surface area contributed by atoms with Gasteiger partial charge >= 0.3 is 5.97 Å². The van der Waals surface area contributed by atoms with Crippen molar-refractivity contribution >= 4 is 34.4 Å². The largest absolute Gasteiger partial charge is 0.481 e. The average Bonchev–Trinajstić information content (AvgIpc) is 3.69. The number of carbonyl (C=O) groups is 2. The Balaban J connectivity index is 1.47. The summed E-state index contributed by atoms with van der Waals surface area (Å²) in [6.45, 7) is 8.43. The summed E-state index contributed by atoms with van der Waals surface area (Å²) in [6.07, 6.45) is 7.02. The Hall–Kier alpha value is -4.31. The molecule has 10 heteroatoms. The summed E-state index contributed by atoms with van der Waals surface area (Å²) in [6, 6.07) is 14.7. The molecule has 4 bridgehead atoms. The molecule has 0 spiro atoms. The van der Waals surface area contributed by atoms with Crippen LogP contribution < -0.4 is 0 Å². The molecule has 0 amide bonds. The van der Waals surface area contributed by atoms with E-state index >= 15 is 4.39 Å². The average molecular weight is 668 g/mol. The van der Waals surface area contributed by atoms with Crippen LogP contribution in [0.25, 0.3) is 22.4 Å². The molecule has 0 saturated carbocycles. The number of nitrogens with one attached hydrogen (secondary N) is 1. The first kappa shape index (κ1) is 33.6. The van der Waals surface area contributed by atoms with Crippen LogP contribution in [0.15, 0.2) is 60.9 Å². The van der Waals surface area contributed by atoms with Crippen molar-refractivity contribution in [2.45, 2.75) is 65.2 Å². The third-order valence-corrected chi connectivity index (χ3v) is 11.2. The first-order valence-corrected chi connectivity index (χ1v) is 17.6. The molecule has 0 fully saturated rings. The van der Waals surface area contributed by atoms with Crippen molar-refractivity contribution in [2.24, 2.45) is 18.4 Å². The van der Waals surface area contributed by atoms with E-state index in [1.54, 1.807) is 36.1 Å². The Morgan fingerprint density at radius 1 is 1.15 bits per heavy atom. The van der Waals surface area contributed by atoms with Crippen LogP contribution in [0.5, 0.6) is 0 Å². The number of aliphatic carboxylic acids is 1. The molecule has 2 aromatic carbocycles. The number of nitrogens with zero attached hydrogens (tertiary/aromatic N) is 4. The predicted octanol–water partition coefficient (Wildman–Crippen LogP) is 7.78. The first-order valence-electron chi connectivity index (χ1n) is 16.5. The van der Waals surface area contributed by atoms with Gasteiger partial charge in [-0.1, -0.05) is 51.5 Å². The minimum absolute atomic E-state index is 0.0316. The molecular weight excluding hydrogens is 626 g/mol. The molecule has 0 saturated heterocycles. The smallest absolute Gasteiger partial charge is 0.306 e. The van der Waals surface area contributed by atoms with Crippen molar-refractivity contribution in [3.63, 3.8) is 0 Å². The summed E-state index contributed by atoms with van der Waals surface area (Å²) in [5.74, 6) is 0.541. The standard InChI is InChI=1S/C38H42FN5O3S/c1-23(35(46)47)18-24-8-6-9-26(19-24)38(4)14-7-13-37(2,3)22-48-17-12-28-27-11-16-40-30(27)21-29(39)32(28)33(45)25-10-15-41-31(20-25)34-42-36(38)43-44(34)5/h6,8-11,15-16,19-21,23,40H,7,12-14,17-18,22H2,1-5H3,(H,46,47)/t23?,38-/m1/s1. The number of rotatable bonds is 4. The maximum Gasteiger partial charge on any atom is 0.306 e. The highest BCUT2D eigenvalue weighted by atomic mass is 32.2. The molecule has 250 valence electrons. The van der Waals surface area contributed by atoms with E-state index in [2.05, 4.69) is 42.9 Å². The van der Waals surface area contributed by atoms with Crippen molar-refractivity contribution < 1.29 is 19.1 Å². The zero-order valence-corrected chi connectivity index (χ0v) is 29.0. The number of fused-ring (bicyclic) bond motifs is 8. The fraction of sp³-hybridized carbons (Fsp3) is 0.395. The number of carboxylic acids is 1. The third kappa shape index (κ3) is 6.67. The van der Waals surface area contributed by atoms with E-state index in [-0.39, 0.29) is 16.8 Å². The SMILES string of the molecule is CC(Cc1cccc([C@@]2(C)CCCC(C)(C)CSCCc3c(c(F)cc4[nH]ccc34)C(=O)c3ccnc(c3)-c3nc2nn3C)c1)C(=O)O. The van der Waals surface area contributed by atoms with E-state index in [4.69, 9.17) is 10.1 Å². The highest BCUT2D eigenvalue weighted by Crippen LogP contribution is 2.39. The van der Waals surface area contributed by atoms with Gasteiger partial charge in [-0.15, -0.1) is 0 Å². The van der Waals surface area contributed by atoms with E-state index in [1.165, 1.54) is 6.07 Å². The van der Waals surface area contributed by atoms with Crippen LogP contribution in [-0.4, -0.2) is 53.1 Å². The molecule has 4 heterocycles. The Bertz CT molecular complexity index is 2000. The van der Waals surface area contributed by atoms with Crippen molar-refractivity contribution in [1.82, 2.24) is 24.7 Å². The summed E-state index contributed by atoms with van der Waals surface area (Å²) in [7, 11) is 1.81. The highest BCUT2D eigenvalue weighted by molar-refractivity contribution is 7.99. The summed E-state index contributed by atoms with van der Waals surface area (Å²) < 4.78 is 17.4. The summed E-state index contributed by atoms with van der Waals surface area (Å²) in [5.41, 5.74) is 3.73. The number of benzene rings is 2. The molecule has 6 rings (SSSR count). The number of aromatic nitrogens is 5. The van der Waals surface area contributed by atoms with Gasteiger partial charge in [0.2, 0.25) is 0 Å². The number of hydrogen-bond acceptors (Lipinski definition) is 6. The van der Waals surface area contributed by atoms with Crippen molar-refractivity contribution in [2.75, 3.05) is 11.5 Å². The number of hydrogen-bond donors (Lipinski definition) is 2. The van der Waals surface area contributed by atoms with E-state index in [0.717, 1.165) is 52.8 Å². The van der Waals surface area contributed by atoms with E-state index in [1.807, 2.05) is 37.0 Å². The van der Waals surface area contributed by atoms with E-state index in [0.29, 0.717) is 41.3 Å². The second-order valence-corrected chi connectivity index (χ2v) is 15.2. The Morgan fingerprint density at radius 2 is 1.96 bits per heavy atom. The number of thioether (sulfide) groups is 1. The number of H-pyrrole nitrogens is 1. The van der Waals surface area contributed by atoms with Crippen LogP contribution in [-0.2, 0) is 30.1 Å². The lowest BCUT2D eigenvalue weighted by Gasteiger charge is -2.31. The van der Waals surface area contributed by atoms with Gasteiger partial charge in [0.25, 0.3) is 0 Å². The molecule has 2 atom stereocenters. The number of carboxylic acid groups (broad SMARTS) is 1. The van der Waals surface area contributed by atoms with Gasteiger partial charge in [-0.05, 0) is 90.5 Å². The lowest BCUT2D eigenvalue weighted by atomic mass is 9.75. The molecule has 8 nitrogen and oxygen atoms in total. The molecule has 48 heavy (non-hydrogen) atoms. The lowest BCUT2D eigenvalue weighted by Crippen LogP contribution is -2.27. The molecule has 1 aliphatic heterocycles. The Labute approximate surface area is 284 Å². The third-order valence-electron chi connectivity index (χ3n) is 9.70.